The molecule has 2 rings (SSSR count). The summed E-state index contributed by atoms with van der Waals surface area (Å²) < 4.78 is 1.87. The topological polar surface area (TPSA) is 43.8 Å². The summed E-state index contributed by atoms with van der Waals surface area (Å²) in [6.45, 7) is 1.94. The zero-order chi connectivity index (χ0) is 13.1. The summed E-state index contributed by atoms with van der Waals surface area (Å²) in [5, 5.41) is 5.12. The predicted molar refractivity (Wildman–Crippen MR) is 79.3 cm³/mol. The van der Waals surface area contributed by atoms with Gasteiger partial charge < -0.3 is 5.73 Å². The van der Waals surface area contributed by atoms with Gasteiger partial charge in [0.1, 0.15) is 0 Å². The van der Waals surface area contributed by atoms with E-state index in [1.54, 1.807) is 0 Å². The lowest BCUT2D eigenvalue weighted by molar-refractivity contribution is 0.402. The Kier molecular flexibility index (Phi) is 4.98. The zero-order valence-electron chi connectivity index (χ0n) is 11.2. The number of rotatable bonds is 4. The first-order valence-electron chi connectivity index (χ1n) is 6.59. The second-order valence-electron chi connectivity index (χ2n) is 5.23. The molecule has 0 saturated carbocycles. The summed E-state index contributed by atoms with van der Waals surface area (Å²) in [5.74, 6) is 3.39. The third kappa shape index (κ3) is 3.43. The van der Waals surface area contributed by atoms with Gasteiger partial charge in [0, 0.05) is 19.5 Å². The van der Waals surface area contributed by atoms with Crippen molar-refractivity contribution in [2.24, 2.45) is 18.7 Å². The van der Waals surface area contributed by atoms with Crippen LogP contribution in [0.2, 0.25) is 5.02 Å². The number of hydrogen-bond acceptors (Lipinski definition) is 3. The van der Waals surface area contributed by atoms with Crippen molar-refractivity contribution in [2.75, 3.05) is 11.5 Å². The summed E-state index contributed by atoms with van der Waals surface area (Å²) in [6, 6.07) is 0.199. The van der Waals surface area contributed by atoms with Crippen LogP contribution in [0.1, 0.15) is 30.7 Å². The van der Waals surface area contributed by atoms with E-state index in [4.69, 9.17) is 17.3 Å². The summed E-state index contributed by atoms with van der Waals surface area (Å²) in [5.41, 5.74) is 8.25. The summed E-state index contributed by atoms with van der Waals surface area (Å²) in [7, 11) is 1.94. The third-order valence-corrected chi connectivity index (χ3v) is 5.23. The first-order valence-corrected chi connectivity index (χ1v) is 8.12. The summed E-state index contributed by atoms with van der Waals surface area (Å²) >= 11 is 8.32. The van der Waals surface area contributed by atoms with Crippen molar-refractivity contribution in [3.05, 3.63) is 16.4 Å². The van der Waals surface area contributed by atoms with Gasteiger partial charge in [0.15, 0.2) is 0 Å². The molecule has 1 fully saturated rings. The van der Waals surface area contributed by atoms with Crippen molar-refractivity contribution in [1.29, 1.82) is 0 Å². The largest absolute Gasteiger partial charge is 0.327 e. The first kappa shape index (κ1) is 14.2. The predicted octanol–water partition coefficient (Wildman–Crippen LogP) is 2.79. The minimum Gasteiger partial charge on any atom is -0.327 e. The van der Waals surface area contributed by atoms with Gasteiger partial charge in [-0.1, -0.05) is 11.6 Å². The Morgan fingerprint density at radius 1 is 1.50 bits per heavy atom. The molecule has 1 aromatic rings. The molecule has 1 unspecified atom stereocenters. The average molecular weight is 288 g/mol. The second-order valence-corrected chi connectivity index (χ2v) is 6.83. The Morgan fingerprint density at radius 3 is 2.72 bits per heavy atom. The minimum atomic E-state index is 0.199. The van der Waals surface area contributed by atoms with Crippen LogP contribution in [0, 0.1) is 12.8 Å². The van der Waals surface area contributed by atoms with E-state index in [2.05, 4.69) is 16.9 Å². The molecule has 2 N–H and O–H groups in total. The smallest absolute Gasteiger partial charge is 0.0847 e. The number of hydrogen-bond donors (Lipinski definition) is 1. The quantitative estimate of drug-likeness (QED) is 0.926. The van der Waals surface area contributed by atoms with Gasteiger partial charge in [-0.05, 0) is 43.6 Å². The van der Waals surface area contributed by atoms with E-state index >= 15 is 0 Å². The Bertz CT molecular complexity index is 399. The van der Waals surface area contributed by atoms with Gasteiger partial charge in [0.05, 0.1) is 16.4 Å². The van der Waals surface area contributed by atoms with Crippen molar-refractivity contribution >= 4 is 23.4 Å². The van der Waals surface area contributed by atoms with Gasteiger partial charge >= 0.3 is 0 Å². The first-order chi connectivity index (χ1) is 8.58. The fourth-order valence-corrected chi connectivity index (χ4v) is 4.09. The lowest BCUT2D eigenvalue weighted by atomic mass is 9.92. The SMILES string of the molecule is Cc1nn(C)c(CC(N)CC2CCSCC2)c1Cl. The fraction of sp³-hybridized carbons (Fsp3) is 0.769. The number of aromatic nitrogens is 2. The van der Waals surface area contributed by atoms with Gasteiger partial charge in [0.25, 0.3) is 0 Å². The lowest BCUT2D eigenvalue weighted by Gasteiger charge is -2.24. The third-order valence-electron chi connectivity index (χ3n) is 3.69. The van der Waals surface area contributed by atoms with Gasteiger partial charge in [-0.2, -0.15) is 16.9 Å². The molecule has 1 aliphatic heterocycles. The van der Waals surface area contributed by atoms with Crippen LogP contribution in [-0.4, -0.2) is 27.3 Å². The minimum absolute atomic E-state index is 0.199. The van der Waals surface area contributed by atoms with Gasteiger partial charge in [0.2, 0.25) is 0 Å². The van der Waals surface area contributed by atoms with Crippen LogP contribution < -0.4 is 5.73 Å². The molecule has 0 aliphatic carbocycles. The highest BCUT2D eigenvalue weighted by atomic mass is 35.5. The molecule has 1 atom stereocenters. The molecule has 1 aromatic heterocycles. The van der Waals surface area contributed by atoms with E-state index in [9.17, 15) is 0 Å². The molecule has 102 valence electrons. The highest BCUT2D eigenvalue weighted by Gasteiger charge is 2.20. The molecule has 0 aromatic carbocycles. The Labute approximate surface area is 118 Å². The molecule has 1 saturated heterocycles. The van der Waals surface area contributed by atoms with Gasteiger partial charge in [-0.3, -0.25) is 4.68 Å². The summed E-state index contributed by atoms with van der Waals surface area (Å²) in [6.07, 6.45) is 4.58. The molecule has 2 heterocycles. The van der Waals surface area contributed by atoms with Crippen molar-refractivity contribution < 1.29 is 0 Å². The van der Waals surface area contributed by atoms with E-state index in [0.717, 1.165) is 35.2 Å². The van der Waals surface area contributed by atoms with Gasteiger partial charge in [-0.25, -0.2) is 0 Å². The molecule has 1 aliphatic rings. The van der Waals surface area contributed by atoms with Crippen LogP contribution in [0.15, 0.2) is 0 Å². The fourth-order valence-electron chi connectivity index (χ4n) is 2.64. The van der Waals surface area contributed by atoms with E-state index in [0.29, 0.717) is 0 Å². The number of aryl methyl sites for hydroxylation is 2. The maximum atomic E-state index is 6.28. The monoisotopic (exact) mass is 287 g/mol. The molecular weight excluding hydrogens is 266 g/mol. The number of nitrogens with zero attached hydrogens (tertiary/aromatic N) is 2. The van der Waals surface area contributed by atoms with Gasteiger partial charge in [-0.15, -0.1) is 0 Å². The number of nitrogens with two attached hydrogens (primary N) is 1. The van der Waals surface area contributed by atoms with Crippen LogP contribution in [0.25, 0.3) is 0 Å². The molecule has 0 radical (unpaired) electrons. The molecular formula is C13H22ClN3S. The Morgan fingerprint density at radius 2 is 2.17 bits per heavy atom. The van der Waals surface area contributed by atoms with Crippen LogP contribution in [0.3, 0.4) is 0 Å². The van der Waals surface area contributed by atoms with Crippen molar-refractivity contribution in [3.8, 4) is 0 Å². The molecule has 0 amide bonds. The highest BCUT2D eigenvalue weighted by Crippen LogP contribution is 2.27. The molecule has 5 heteroatoms. The molecule has 3 nitrogen and oxygen atoms in total. The van der Waals surface area contributed by atoms with E-state index in [-0.39, 0.29) is 6.04 Å². The van der Waals surface area contributed by atoms with E-state index < -0.39 is 0 Å². The van der Waals surface area contributed by atoms with Crippen LogP contribution in [0.5, 0.6) is 0 Å². The zero-order valence-corrected chi connectivity index (χ0v) is 12.7. The second kappa shape index (κ2) is 6.31. The number of thioether (sulfide) groups is 1. The highest BCUT2D eigenvalue weighted by molar-refractivity contribution is 7.99. The van der Waals surface area contributed by atoms with Crippen LogP contribution in [-0.2, 0) is 13.5 Å². The number of halogens is 1. The maximum Gasteiger partial charge on any atom is 0.0847 e. The summed E-state index contributed by atoms with van der Waals surface area (Å²) in [4.78, 5) is 0. The van der Waals surface area contributed by atoms with Crippen molar-refractivity contribution in [1.82, 2.24) is 9.78 Å². The average Bonchev–Trinajstić information content (AvgIpc) is 2.57. The molecule has 0 bridgehead atoms. The van der Waals surface area contributed by atoms with Crippen molar-refractivity contribution in [2.45, 2.75) is 38.6 Å². The van der Waals surface area contributed by atoms with Crippen molar-refractivity contribution in [3.63, 3.8) is 0 Å². The lowest BCUT2D eigenvalue weighted by Crippen LogP contribution is -2.28. The maximum absolute atomic E-state index is 6.28. The van der Waals surface area contributed by atoms with Crippen LogP contribution >= 0.6 is 23.4 Å². The standard InChI is InChI=1S/C13H22ClN3S/c1-9-13(14)12(17(2)16-9)8-11(15)7-10-3-5-18-6-4-10/h10-11H,3-8,15H2,1-2H3. The Hall–Kier alpha value is -0.190. The van der Waals surface area contributed by atoms with E-state index in [1.807, 2.05) is 18.7 Å². The van der Waals surface area contributed by atoms with Crippen LogP contribution in [0.4, 0.5) is 0 Å². The molecule has 0 spiro atoms. The Balaban J connectivity index is 1.91. The normalized spacial score (nSPS) is 19.1. The van der Waals surface area contributed by atoms with E-state index in [1.165, 1.54) is 24.3 Å². The molecule has 18 heavy (non-hydrogen) atoms.